The van der Waals surface area contributed by atoms with E-state index in [-0.39, 0.29) is 0 Å². The molecule has 0 radical (unpaired) electrons. The van der Waals surface area contributed by atoms with Gasteiger partial charge in [-0.15, -0.1) is 0 Å². The van der Waals surface area contributed by atoms with Crippen LogP contribution in [0.25, 0.3) is 0 Å². The maximum absolute atomic E-state index is 11.0. The highest BCUT2D eigenvalue weighted by atomic mass is 32.2. The maximum Gasteiger partial charge on any atom is 0.240 e. The quantitative estimate of drug-likeness (QED) is 0.571. The topological polar surface area (TPSA) is 77.2 Å². The lowest BCUT2D eigenvalue weighted by atomic mass is 10.3. The van der Waals surface area contributed by atoms with Gasteiger partial charge < -0.3 is 5.73 Å². The summed E-state index contributed by atoms with van der Waals surface area (Å²) in [6.45, 7) is 0. The predicted octanol–water partition coefficient (Wildman–Crippen LogP) is -0.661. The summed E-state index contributed by atoms with van der Waals surface area (Å²) in [5.41, 5.74) is 4.84. The van der Waals surface area contributed by atoms with Crippen molar-refractivity contribution in [1.29, 1.82) is 0 Å². The average molecular weight is 173 g/mol. The summed E-state index contributed by atoms with van der Waals surface area (Å²) in [6, 6.07) is 0. The van der Waals surface area contributed by atoms with E-state index in [1.807, 2.05) is 0 Å². The Morgan fingerprint density at radius 2 is 2.00 bits per heavy atom. The molecule has 0 saturated heterocycles. The van der Waals surface area contributed by atoms with Crippen LogP contribution in [0, 0.1) is 0 Å². The fourth-order valence-corrected chi connectivity index (χ4v) is 1.88. The van der Waals surface area contributed by atoms with Crippen LogP contribution in [0.2, 0.25) is 0 Å². The molecule has 5 heteroatoms. The highest BCUT2D eigenvalue weighted by Crippen LogP contribution is 2.10. The Bertz CT molecular complexity index is 326. The van der Waals surface area contributed by atoms with Gasteiger partial charge in [-0.05, 0) is 0 Å². The number of carbonyl (C=O) groups excluding carboxylic acids is 1. The molecule has 0 aromatic carbocycles. The molecule has 0 saturated carbocycles. The zero-order chi connectivity index (χ0) is 8.48. The van der Waals surface area contributed by atoms with Gasteiger partial charge in [0.1, 0.15) is 0 Å². The molecule has 1 unspecified atom stereocenters. The van der Waals surface area contributed by atoms with Crippen molar-refractivity contribution in [2.45, 2.75) is 5.25 Å². The minimum atomic E-state index is -3.46. The Labute approximate surface area is 64.3 Å². The molecule has 0 aromatic rings. The SMILES string of the molecule is NC(=O)C1C=CC=CS1(=O)=O. The van der Waals surface area contributed by atoms with E-state index in [9.17, 15) is 13.2 Å². The summed E-state index contributed by atoms with van der Waals surface area (Å²) in [5, 5.41) is -0.213. The molecule has 0 fully saturated rings. The minimum absolute atomic E-state index is 0.842. The molecule has 0 bridgehead atoms. The number of amides is 1. The van der Waals surface area contributed by atoms with Crippen LogP contribution in [0.4, 0.5) is 0 Å². The van der Waals surface area contributed by atoms with Gasteiger partial charge in [-0.3, -0.25) is 4.79 Å². The number of allylic oxidation sites excluding steroid dienone is 2. The second kappa shape index (κ2) is 2.50. The lowest BCUT2D eigenvalue weighted by Gasteiger charge is -2.08. The van der Waals surface area contributed by atoms with Gasteiger partial charge in [-0.1, -0.05) is 18.2 Å². The van der Waals surface area contributed by atoms with Gasteiger partial charge in [0.2, 0.25) is 5.91 Å². The van der Waals surface area contributed by atoms with Gasteiger partial charge in [0, 0.05) is 5.41 Å². The number of rotatable bonds is 1. The van der Waals surface area contributed by atoms with Crippen LogP contribution in [0.1, 0.15) is 0 Å². The molecule has 11 heavy (non-hydrogen) atoms. The Hall–Kier alpha value is -1.10. The molecule has 1 rings (SSSR count). The van der Waals surface area contributed by atoms with E-state index in [0.29, 0.717) is 0 Å². The van der Waals surface area contributed by atoms with E-state index in [2.05, 4.69) is 0 Å². The predicted molar refractivity (Wildman–Crippen MR) is 40.2 cm³/mol. The number of carbonyl (C=O) groups is 1. The maximum atomic E-state index is 11.0. The summed E-state index contributed by atoms with van der Waals surface area (Å²) in [7, 11) is -3.46. The van der Waals surface area contributed by atoms with Crippen molar-refractivity contribution in [3.63, 3.8) is 0 Å². The molecule has 0 aromatic heterocycles. The Balaban J connectivity index is 3.09. The summed E-state index contributed by atoms with van der Waals surface area (Å²) >= 11 is 0. The zero-order valence-electron chi connectivity index (χ0n) is 5.60. The second-order valence-electron chi connectivity index (χ2n) is 2.13. The van der Waals surface area contributed by atoms with Gasteiger partial charge >= 0.3 is 0 Å². The number of primary amides is 1. The fourth-order valence-electron chi connectivity index (χ4n) is 0.771. The number of hydrogen-bond donors (Lipinski definition) is 1. The molecule has 4 nitrogen and oxygen atoms in total. The van der Waals surface area contributed by atoms with E-state index >= 15 is 0 Å². The van der Waals surface area contributed by atoms with Crippen molar-refractivity contribution in [3.05, 3.63) is 23.6 Å². The summed E-state index contributed by atoms with van der Waals surface area (Å²) in [4.78, 5) is 10.5. The van der Waals surface area contributed by atoms with Crippen LogP contribution >= 0.6 is 0 Å². The Morgan fingerprint density at radius 3 is 2.36 bits per heavy atom. The van der Waals surface area contributed by atoms with Crippen molar-refractivity contribution < 1.29 is 13.2 Å². The number of hydrogen-bond acceptors (Lipinski definition) is 3. The van der Waals surface area contributed by atoms with Crippen LogP contribution < -0.4 is 5.73 Å². The van der Waals surface area contributed by atoms with E-state index < -0.39 is 21.0 Å². The number of sulfone groups is 1. The smallest absolute Gasteiger partial charge is 0.240 e. The molecular weight excluding hydrogens is 166 g/mol. The first kappa shape index (κ1) is 8.00. The monoisotopic (exact) mass is 173 g/mol. The van der Waals surface area contributed by atoms with Crippen LogP contribution in [-0.2, 0) is 14.6 Å². The minimum Gasteiger partial charge on any atom is -0.368 e. The van der Waals surface area contributed by atoms with Gasteiger partial charge in [0.15, 0.2) is 15.1 Å². The third-order valence-electron chi connectivity index (χ3n) is 1.30. The first-order valence-electron chi connectivity index (χ1n) is 2.92. The third kappa shape index (κ3) is 1.48. The van der Waals surface area contributed by atoms with E-state index in [1.54, 1.807) is 0 Å². The molecule has 1 aliphatic heterocycles. The van der Waals surface area contributed by atoms with E-state index in [1.165, 1.54) is 18.2 Å². The van der Waals surface area contributed by atoms with Gasteiger partial charge in [-0.2, -0.15) is 0 Å². The van der Waals surface area contributed by atoms with Crippen LogP contribution in [0.3, 0.4) is 0 Å². The van der Waals surface area contributed by atoms with Crippen molar-refractivity contribution in [2.75, 3.05) is 0 Å². The molecule has 2 N–H and O–H groups in total. The molecule has 1 amide bonds. The average Bonchev–Trinajstić information content (AvgIpc) is 1.85. The van der Waals surface area contributed by atoms with E-state index in [0.717, 1.165) is 5.41 Å². The number of nitrogens with two attached hydrogens (primary N) is 1. The van der Waals surface area contributed by atoms with Crippen molar-refractivity contribution in [1.82, 2.24) is 0 Å². The Morgan fingerprint density at radius 1 is 1.36 bits per heavy atom. The summed E-state index contributed by atoms with van der Waals surface area (Å²) in [5.74, 6) is -0.842. The molecule has 0 aliphatic carbocycles. The largest absolute Gasteiger partial charge is 0.368 e. The van der Waals surface area contributed by atoms with Gasteiger partial charge in [0.25, 0.3) is 0 Å². The van der Waals surface area contributed by atoms with Crippen LogP contribution in [0.5, 0.6) is 0 Å². The second-order valence-corrected chi connectivity index (χ2v) is 4.08. The van der Waals surface area contributed by atoms with Crippen molar-refractivity contribution in [3.8, 4) is 0 Å². The van der Waals surface area contributed by atoms with Crippen molar-refractivity contribution in [2.24, 2.45) is 5.73 Å². The third-order valence-corrected chi connectivity index (χ3v) is 2.93. The summed E-state index contributed by atoms with van der Waals surface area (Å²) in [6.07, 6.45) is 4.10. The van der Waals surface area contributed by atoms with Crippen LogP contribution in [0.15, 0.2) is 23.6 Å². The highest BCUT2D eigenvalue weighted by Gasteiger charge is 2.26. The molecule has 1 atom stereocenters. The lowest BCUT2D eigenvalue weighted by Crippen LogP contribution is -2.33. The fraction of sp³-hybridized carbons (Fsp3) is 0.167. The lowest BCUT2D eigenvalue weighted by molar-refractivity contribution is -0.116. The van der Waals surface area contributed by atoms with Crippen LogP contribution in [-0.4, -0.2) is 19.6 Å². The standard InChI is InChI=1S/C6H7NO3S/c7-6(8)5-3-1-2-4-11(5,9)10/h1-5H,(H2,7,8). The van der Waals surface area contributed by atoms with Gasteiger partial charge in [-0.25, -0.2) is 8.42 Å². The van der Waals surface area contributed by atoms with E-state index in [4.69, 9.17) is 5.73 Å². The first-order valence-corrected chi connectivity index (χ1v) is 4.53. The van der Waals surface area contributed by atoms with Gasteiger partial charge in [0.05, 0.1) is 0 Å². The zero-order valence-corrected chi connectivity index (χ0v) is 6.41. The Kier molecular flexibility index (Phi) is 1.82. The highest BCUT2D eigenvalue weighted by molar-refractivity contribution is 7.95. The molecule has 0 spiro atoms. The molecule has 1 heterocycles. The van der Waals surface area contributed by atoms with Crippen molar-refractivity contribution >= 4 is 15.7 Å². The summed E-state index contributed by atoms with van der Waals surface area (Å²) < 4.78 is 22.0. The molecular formula is C6H7NO3S. The normalized spacial score (nSPS) is 26.7. The molecule has 60 valence electrons. The molecule has 1 aliphatic rings. The first-order chi connectivity index (χ1) is 5.04.